The van der Waals surface area contributed by atoms with E-state index >= 15 is 0 Å². The number of benzene rings is 1. The van der Waals surface area contributed by atoms with Crippen molar-refractivity contribution in [1.29, 1.82) is 0 Å². The van der Waals surface area contributed by atoms with Crippen LogP contribution >= 0.6 is 24.0 Å². The Kier molecular flexibility index (Phi) is 8.78. The van der Waals surface area contributed by atoms with Gasteiger partial charge in [0, 0.05) is 18.2 Å². The highest BCUT2D eigenvalue weighted by Crippen LogP contribution is 2.32. The zero-order valence-electron chi connectivity index (χ0n) is 13.3. The van der Waals surface area contributed by atoms with Gasteiger partial charge in [-0.2, -0.15) is 0 Å². The van der Waals surface area contributed by atoms with Gasteiger partial charge in [0.25, 0.3) is 0 Å². The Morgan fingerprint density at radius 2 is 2.09 bits per heavy atom. The van der Waals surface area contributed by atoms with Crippen LogP contribution in [0.3, 0.4) is 0 Å². The average molecular weight is 433 g/mol. The van der Waals surface area contributed by atoms with E-state index in [4.69, 9.17) is 19.9 Å². The van der Waals surface area contributed by atoms with Crippen LogP contribution in [-0.4, -0.2) is 38.9 Å². The zero-order valence-corrected chi connectivity index (χ0v) is 15.7. The van der Waals surface area contributed by atoms with Gasteiger partial charge in [-0.1, -0.05) is 12.2 Å². The van der Waals surface area contributed by atoms with Gasteiger partial charge in [-0.05, 0) is 19.1 Å². The molecule has 0 fully saturated rings. The van der Waals surface area contributed by atoms with Crippen LogP contribution in [0.1, 0.15) is 13.3 Å². The predicted molar refractivity (Wildman–Crippen MR) is 103 cm³/mol. The first-order valence-electron chi connectivity index (χ1n) is 7.34. The van der Waals surface area contributed by atoms with E-state index in [-0.39, 0.29) is 24.0 Å². The molecule has 6 nitrogen and oxygen atoms in total. The van der Waals surface area contributed by atoms with Gasteiger partial charge in [0.1, 0.15) is 0 Å². The standard InChI is InChI=1S/C16H23N3O3.HI/c1-12(2)11-20-9-6-18-16(17)19-13-4-5-14-15(10-13)22-8-3-7-21-14;/h4-5,10H,1,3,6-9,11H2,2H3,(H3,17,18,19);1H. The number of hydrogen-bond acceptors (Lipinski definition) is 4. The molecule has 0 saturated heterocycles. The quantitative estimate of drug-likeness (QED) is 0.237. The molecule has 1 heterocycles. The molecule has 23 heavy (non-hydrogen) atoms. The Labute approximate surface area is 154 Å². The zero-order chi connectivity index (χ0) is 15.8. The van der Waals surface area contributed by atoms with Crippen molar-refractivity contribution in [3.05, 3.63) is 30.4 Å². The van der Waals surface area contributed by atoms with E-state index < -0.39 is 0 Å². The van der Waals surface area contributed by atoms with Gasteiger partial charge >= 0.3 is 0 Å². The van der Waals surface area contributed by atoms with Crippen molar-refractivity contribution in [3.8, 4) is 11.5 Å². The molecule has 0 spiro atoms. The molecule has 0 amide bonds. The lowest BCUT2D eigenvalue weighted by Crippen LogP contribution is -2.23. The van der Waals surface area contributed by atoms with Gasteiger partial charge < -0.3 is 25.3 Å². The topological polar surface area (TPSA) is 78.1 Å². The maximum absolute atomic E-state index is 5.85. The average Bonchev–Trinajstić information content (AvgIpc) is 2.71. The van der Waals surface area contributed by atoms with Gasteiger partial charge in [0.2, 0.25) is 0 Å². The minimum atomic E-state index is 0. The van der Waals surface area contributed by atoms with Gasteiger partial charge in [-0.3, -0.25) is 4.99 Å². The summed E-state index contributed by atoms with van der Waals surface area (Å²) in [4.78, 5) is 4.20. The highest BCUT2D eigenvalue weighted by atomic mass is 127. The van der Waals surface area contributed by atoms with Gasteiger partial charge in [0.15, 0.2) is 17.5 Å². The minimum Gasteiger partial charge on any atom is -0.490 e. The third-order valence-corrected chi connectivity index (χ3v) is 2.89. The number of fused-ring (bicyclic) bond motifs is 1. The molecule has 1 aliphatic rings. The van der Waals surface area contributed by atoms with Gasteiger partial charge in [0.05, 0.1) is 33.0 Å². The molecule has 3 N–H and O–H groups in total. The van der Waals surface area contributed by atoms with Gasteiger partial charge in [-0.25, -0.2) is 0 Å². The van der Waals surface area contributed by atoms with E-state index in [0.29, 0.717) is 38.9 Å². The molecule has 128 valence electrons. The number of rotatable bonds is 6. The summed E-state index contributed by atoms with van der Waals surface area (Å²) < 4.78 is 16.6. The van der Waals surface area contributed by atoms with E-state index in [1.54, 1.807) is 0 Å². The van der Waals surface area contributed by atoms with Crippen LogP contribution in [0.25, 0.3) is 0 Å². The number of guanidine groups is 1. The first-order chi connectivity index (χ1) is 10.6. The monoisotopic (exact) mass is 433 g/mol. The molecule has 2 rings (SSSR count). The van der Waals surface area contributed by atoms with Crippen LogP contribution in [0.2, 0.25) is 0 Å². The van der Waals surface area contributed by atoms with Crippen LogP contribution in [0.15, 0.2) is 35.3 Å². The summed E-state index contributed by atoms with van der Waals surface area (Å²) in [5, 5.41) is 3.03. The van der Waals surface area contributed by atoms with Gasteiger partial charge in [-0.15, -0.1) is 24.0 Å². The highest BCUT2D eigenvalue weighted by Gasteiger charge is 2.10. The minimum absolute atomic E-state index is 0. The summed E-state index contributed by atoms with van der Waals surface area (Å²) in [5.41, 5.74) is 7.65. The molecule has 1 aromatic rings. The lowest BCUT2D eigenvalue weighted by atomic mass is 10.3. The van der Waals surface area contributed by atoms with Crippen molar-refractivity contribution < 1.29 is 14.2 Å². The summed E-state index contributed by atoms with van der Waals surface area (Å²) in [7, 11) is 0. The fraction of sp³-hybridized carbons (Fsp3) is 0.438. The maximum Gasteiger partial charge on any atom is 0.193 e. The first-order valence-corrected chi connectivity index (χ1v) is 7.34. The van der Waals surface area contributed by atoms with Crippen molar-refractivity contribution in [3.63, 3.8) is 0 Å². The summed E-state index contributed by atoms with van der Waals surface area (Å²) in [6, 6.07) is 5.61. The fourth-order valence-corrected chi connectivity index (χ4v) is 1.91. The molecule has 0 aliphatic carbocycles. The number of nitrogens with one attached hydrogen (secondary N) is 1. The van der Waals surface area contributed by atoms with E-state index in [1.807, 2.05) is 25.1 Å². The fourth-order valence-electron chi connectivity index (χ4n) is 1.91. The Hall–Kier alpha value is -1.48. The van der Waals surface area contributed by atoms with Crippen LogP contribution in [-0.2, 0) is 4.74 Å². The molecule has 1 aliphatic heterocycles. The third-order valence-electron chi connectivity index (χ3n) is 2.89. The number of nitrogens with two attached hydrogens (primary N) is 1. The summed E-state index contributed by atoms with van der Waals surface area (Å²) >= 11 is 0. The van der Waals surface area contributed by atoms with E-state index in [0.717, 1.165) is 29.2 Å². The number of halogens is 1. The van der Waals surface area contributed by atoms with Crippen molar-refractivity contribution in [1.82, 2.24) is 0 Å². The van der Waals surface area contributed by atoms with E-state index in [9.17, 15) is 0 Å². The Bertz CT molecular complexity index is 549. The Morgan fingerprint density at radius 1 is 1.35 bits per heavy atom. The SMILES string of the molecule is C=C(C)COCCN=C(N)Nc1ccc2c(c1)OCCCO2.I. The second kappa shape index (κ2) is 10.3. The third kappa shape index (κ3) is 7.08. The van der Waals surface area contributed by atoms with Crippen molar-refractivity contribution in [2.24, 2.45) is 10.7 Å². The lowest BCUT2D eigenvalue weighted by molar-refractivity contribution is 0.165. The molecule has 7 heteroatoms. The molecular weight excluding hydrogens is 409 g/mol. The number of ether oxygens (including phenoxy) is 3. The van der Waals surface area contributed by atoms with Crippen molar-refractivity contribution in [2.75, 3.05) is 38.3 Å². The molecule has 0 saturated carbocycles. The van der Waals surface area contributed by atoms with Crippen molar-refractivity contribution in [2.45, 2.75) is 13.3 Å². The van der Waals surface area contributed by atoms with E-state index in [1.165, 1.54) is 0 Å². The molecule has 0 bridgehead atoms. The second-order valence-corrected chi connectivity index (χ2v) is 5.11. The predicted octanol–water partition coefficient (Wildman–Crippen LogP) is 2.79. The molecule has 0 aromatic heterocycles. The molecule has 1 aromatic carbocycles. The largest absolute Gasteiger partial charge is 0.490 e. The number of hydrogen-bond donors (Lipinski definition) is 2. The van der Waals surface area contributed by atoms with Crippen molar-refractivity contribution >= 4 is 35.6 Å². The first kappa shape index (κ1) is 19.6. The normalized spacial score (nSPS) is 13.7. The summed E-state index contributed by atoms with van der Waals surface area (Å²) in [6.45, 7) is 8.57. The number of nitrogens with zero attached hydrogens (tertiary/aromatic N) is 1. The number of aliphatic imine (C=N–C) groups is 1. The summed E-state index contributed by atoms with van der Waals surface area (Å²) in [6.07, 6.45) is 0.880. The molecule has 0 radical (unpaired) electrons. The number of anilines is 1. The van der Waals surface area contributed by atoms with Crippen LogP contribution in [0.5, 0.6) is 11.5 Å². The lowest BCUT2D eigenvalue weighted by Gasteiger charge is -2.10. The maximum atomic E-state index is 5.85. The Morgan fingerprint density at radius 3 is 2.83 bits per heavy atom. The molecule has 0 unspecified atom stereocenters. The molecular formula is C16H24IN3O3. The van der Waals surface area contributed by atoms with Crippen LogP contribution < -0.4 is 20.5 Å². The van der Waals surface area contributed by atoms with Crippen LogP contribution in [0, 0.1) is 0 Å². The molecule has 0 atom stereocenters. The van der Waals surface area contributed by atoms with E-state index in [2.05, 4.69) is 16.9 Å². The van der Waals surface area contributed by atoms with Crippen LogP contribution in [0.4, 0.5) is 5.69 Å². The second-order valence-electron chi connectivity index (χ2n) is 5.11. The smallest absolute Gasteiger partial charge is 0.193 e. The summed E-state index contributed by atoms with van der Waals surface area (Å²) in [5.74, 6) is 1.82. The highest BCUT2D eigenvalue weighted by molar-refractivity contribution is 14.0. The Balaban J connectivity index is 0.00000264.